The predicted octanol–water partition coefficient (Wildman–Crippen LogP) is 1.61. The maximum Gasteiger partial charge on any atom is 0.310 e. The van der Waals surface area contributed by atoms with E-state index < -0.39 is 11.4 Å². The van der Waals surface area contributed by atoms with Crippen LogP contribution in [0.5, 0.6) is 0 Å². The first-order valence-corrected chi connectivity index (χ1v) is 7.56. The number of rotatable bonds is 7. The summed E-state index contributed by atoms with van der Waals surface area (Å²) in [5.74, 6) is 0.307. The minimum Gasteiger partial charge on any atom is -0.481 e. The van der Waals surface area contributed by atoms with Crippen LogP contribution in [0.2, 0.25) is 0 Å². The lowest BCUT2D eigenvalue weighted by Gasteiger charge is -2.39. The zero-order valence-corrected chi connectivity index (χ0v) is 12.9. The predicted molar refractivity (Wildman–Crippen MR) is 79.0 cm³/mol. The van der Waals surface area contributed by atoms with Crippen molar-refractivity contribution in [2.45, 2.75) is 39.3 Å². The van der Waals surface area contributed by atoms with Gasteiger partial charge in [0, 0.05) is 32.6 Å². The van der Waals surface area contributed by atoms with Gasteiger partial charge in [0.1, 0.15) is 5.82 Å². The van der Waals surface area contributed by atoms with E-state index in [4.69, 9.17) is 4.74 Å². The summed E-state index contributed by atoms with van der Waals surface area (Å²) in [5.41, 5.74) is -0.595. The van der Waals surface area contributed by atoms with Gasteiger partial charge >= 0.3 is 5.97 Å². The minimum atomic E-state index is -0.669. The van der Waals surface area contributed by atoms with E-state index in [1.54, 1.807) is 13.3 Å². The van der Waals surface area contributed by atoms with Crippen LogP contribution in [-0.4, -0.2) is 52.3 Å². The maximum absolute atomic E-state index is 11.6. The quantitative estimate of drug-likeness (QED) is 0.827. The van der Waals surface area contributed by atoms with E-state index in [1.165, 1.54) is 0 Å². The SMILES string of the molecule is CC[C@]1(C(=O)O)CCCN(Cc2nccn2CCOC)C1. The molecule has 6 heteroatoms. The zero-order valence-electron chi connectivity index (χ0n) is 12.9. The molecule has 0 aliphatic carbocycles. The number of ether oxygens (including phenoxy) is 1. The molecule has 0 bridgehead atoms. The first kappa shape index (κ1) is 16.0. The largest absolute Gasteiger partial charge is 0.481 e. The summed E-state index contributed by atoms with van der Waals surface area (Å²) in [7, 11) is 1.68. The summed E-state index contributed by atoms with van der Waals surface area (Å²) in [5, 5.41) is 9.54. The molecule has 1 aliphatic heterocycles. The van der Waals surface area contributed by atoms with E-state index in [0.29, 0.717) is 26.1 Å². The van der Waals surface area contributed by atoms with Crippen LogP contribution in [0.4, 0.5) is 0 Å². The molecular formula is C15H25N3O3. The first-order chi connectivity index (χ1) is 10.1. The van der Waals surface area contributed by atoms with Crippen LogP contribution in [-0.2, 0) is 22.6 Å². The molecule has 21 heavy (non-hydrogen) atoms. The molecule has 0 unspecified atom stereocenters. The highest BCUT2D eigenvalue weighted by Gasteiger charge is 2.40. The second kappa shape index (κ2) is 7.04. The average molecular weight is 295 g/mol. The Morgan fingerprint density at radius 3 is 3.05 bits per heavy atom. The number of carboxylic acid groups (broad SMARTS) is 1. The number of methoxy groups -OCH3 is 1. The zero-order chi connectivity index (χ0) is 15.3. The molecule has 1 N–H and O–H groups in total. The highest BCUT2D eigenvalue weighted by molar-refractivity contribution is 5.75. The second-order valence-electron chi connectivity index (χ2n) is 5.78. The van der Waals surface area contributed by atoms with Gasteiger partial charge in [-0.3, -0.25) is 9.69 Å². The smallest absolute Gasteiger partial charge is 0.310 e. The van der Waals surface area contributed by atoms with Crippen molar-refractivity contribution in [3.05, 3.63) is 18.2 Å². The third kappa shape index (κ3) is 3.63. The molecule has 0 amide bonds. The Balaban J connectivity index is 2.03. The average Bonchev–Trinajstić information content (AvgIpc) is 2.92. The van der Waals surface area contributed by atoms with Crippen LogP contribution in [0.15, 0.2) is 12.4 Å². The summed E-state index contributed by atoms with van der Waals surface area (Å²) < 4.78 is 7.18. The van der Waals surface area contributed by atoms with E-state index in [9.17, 15) is 9.90 Å². The highest BCUT2D eigenvalue weighted by Crippen LogP contribution is 2.34. The summed E-state index contributed by atoms with van der Waals surface area (Å²) in [4.78, 5) is 18.2. The molecule has 2 rings (SSSR count). The second-order valence-corrected chi connectivity index (χ2v) is 5.78. The number of hydrogen-bond donors (Lipinski definition) is 1. The van der Waals surface area contributed by atoms with Gasteiger partial charge in [-0.2, -0.15) is 0 Å². The van der Waals surface area contributed by atoms with E-state index in [0.717, 1.165) is 31.8 Å². The molecule has 0 saturated carbocycles. The topological polar surface area (TPSA) is 67.6 Å². The number of imidazole rings is 1. The molecule has 1 atom stereocenters. The lowest BCUT2D eigenvalue weighted by Crippen LogP contribution is -2.47. The molecular weight excluding hydrogens is 270 g/mol. The third-order valence-electron chi connectivity index (χ3n) is 4.49. The lowest BCUT2D eigenvalue weighted by molar-refractivity contribution is -0.153. The van der Waals surface area contributed by atoms with Crippen molar-refractivity contribution in [1.29, 1.82) is 0 Å². The normalized spacial score (nSPS) is 23.3. The Kier molecular flexibility index (Phi) is 5.36. The minimum absolute atomic E-state index is 0.595. The van der Waals surface area contributed by atoms with Crippen molar-refractivity contribution in [2.75, 3.05) is 26.8 Å². The van der Waals surface area contributed by atoms with Crippen LogP contribution < -0.4 is 0 Å². The molecule has 2 heterocycles. The van der Waals surface area contributed by atoms with Gasteiger partial charge in [0.2, 0.25) is 0 Å². The monoisotopic (exact) mass is 295 g/mol. The number of aromatic nitrogens is 2. The maximum atomic E-state index is 11.6. The summed E-state index contributed by atoms with van der Waals surface area (Å²) in [6.45, 7) is 5.64. The number of likely N-dealkylation sites (tertiary alicyclic amines) is 1. The lowest BCUT2D eigenvalue weighted by atomic mass is 9.77. The standard InChI is InChI=1S/C15H25N3O3/c1-3-15(14(19)20)5-4-7-17(12-15)11-13-16-6-8-18(13)9-10-21-2/h6,8H,3-5,7,9-12H2,1-2H3,(H,19,20)/t15-/m0/s1. The molecule has 0 radical (unpaired) electrons. The van der Waals surface area contributed by atoms with Gasteiger partial charge in [0.25, 0.3) is 0 Å². The van der Waals surface area contributed by atoms with Gasteiger partial charge < -0.3 is 14.4 Å². The van der Waals surface area contributed by atoms with Gasteiger partial charge in [-0.05, 0) is 25.8 Å². The van der Waals surface area contributed by atoms with E-state index >= 15 is 0 Å². The van der Waals surface area contributed by atoms with Crippen LogP contribution >= 0.6 is 0 Å². The summed E-state index contributed by atoms with van der Waals surface area (Å²) in [6, 6.07) is 0. The molecule has 1 aliphatic rings. The number of carboxylic acids is 1. The van der Waals surface area contributed by atoms with E-state index in [1.807, 2.05) is 13.1 Å². The van der Waals surface area contributed by atoms with E-state index in [2.05, 4.69) is 14.5 Å². The Morgan fingerprint density at radius 2 is 2.38 bits per heavy atom. The molecule has 1 saturated heterocycles. The molecule has 118 valence electrons. The molecule has 0 spiro atoms. The van der Waals surface area contributed by atoms with Crippen molar-refractivity contribution in [1.82, 2.24) is 14.5 Å². The fraction of sp³-hybridized carbons (Fsp3) is 0.733. The fourth-order valence-corrected chi connectivity index (χ4v) is 3.06. The van der Waals surface area contributed by atoms with Crippen LogP contribution in [0.3, 0.4) is 0 Å². The Labute approximate surface area is 125 Å². The Hall–Kier alpha value is -1.40. The van der Waals surface area contributed by atoms with Crippen molar-refractivity contribution < 1.29 is 14.6 Å². The van der Waals surface area contributed by atoms with Crippen LogP contribution in [0, 0.1) is 5.41 Å². The van der Waals surface area contributed by atoms with Crippen LogP contribution in [0.25, 0.3) is 0 Å². The van der Waals surface area contributed by atoms with Gasteiger partial charge in [-0.25, -0.2) is 4.98 Å². The molecule has 1 aromatic rings. The molecule has 1 aromatic heterocycles. The van der Waals surface area contributed by atoms with E-state index in [-0.39, 0.29) is 0 Å². The van der Waals surface area contributed by atoms with Crippen molar-refractivity contribution in [3.63, 3.8) is 0 Å². The van der Waals surface area contributed by atoms with Gasteiger partial charge in [0.15, 0.2) is 0 Å². The van der Waals surface area contributed by atoms with Crippen molar-refractivity contribution >= 4 is 5.97 Å². The van der Waals surface area contributed by atoms with Crippen LogP contribution in [0.1, 0.15) is 32.0 Å². The van der Waals surface area contributed by atoms with Crippen molar-refractivity contribution in [3.8, 4) is 0 Å². The van der Waals surface area contributed by atoms with Gasteiger partial charge in [-0.15, -0.1) is 0 Å². The molecule has 1 fully saturated rings. The number of nitrogens with zero attached hydrogens (tertiary/aromatic N) is 3. The first-order valence-electron chi connectivity index (χ1n) is 7.56. The van der Waals surface area contributed by atoms with Crippen molar-refractivity contribution in [2.24, 2.45) is 5.41 Å². The number of carbonyl (C=O) groups is 1. The highest BCUT2D eigenvalue weighted by atomic mass is 16.5. The number of aliphatic carboxylic acids is 1. The summed E-state index contributed by atoms with van der Waals surface area (Å²) >= 11 is 0. The number of hydrogen-bond acceptors (Lipinski definition) is 4. The number of piperidine rings is 1. The van der Waals surface area contributed by atoms with Gasteiger partial charge in [-0.1, -0.05) is 6.92 Å². The fourth-order valence-electron chi connectivity index (χ4n) is 3.06. The molecule has 0 aromatic carbocycles. The molecule has 6 nitrogen and oxygen atoms in total. The summed E-state index contributed by atoms with van der Waals surface area (Å²) in [6.07, 6.45) is 6.12. The Bertz CT molecular complexity index is 474. The van der Waals surface area contributed by atoms with Gasteiger partial charge in [0.05, 0.1) is 18.6 Å². The Morgan fingerprint density at radius 1 is 1.57 bits per heavy atom. The third-order valence-corrected chi connectivity index (χ3v) is 4.49.